The molecule has 1 amide bonds. The highest BCUT2D eigenvalue weighted by Crippen LogP contribution is 2.21. The molecule has 1 saturated heterocycles. The lowest BCUT2D eigenvalue weighted by molar-refractivity contribution is -0.125. The first-order chi connectivity index (χ1) is 12.2. The lowest BCUT2D eigenvalue weighted by Gasteiger charge is -2.23. The maximum Gasteiger partial charge on any atom is 0.337 e. The van der Waals surface area contributed by atoms with E-state index in [1.165, 1.54) is 7.11 Å². The molecule has 2 aromatic rings. The quantitative estimate of drug-likeness (QED) is 0.816. The Labute approximate surface area is 146 Å². The number of furan rings is 1. The maximum atomic E-state index is 12.5. The van der Waals surface area contributed by atoms with Crippen LogP contribution < -0.4 is 5.32 Å². The van der Waals surface area contributed by atoms with E-state index >= 15 is 0 Å². The van der Waals surface area contributed by atoms with Crippen molar-refractivity contribution in [2.75, 3.05) is 13.7 Å². The van der Waals surface area contributed by atoms with E-state index < -0.39 is 0 Å². The zero-order chi connectivity index (χ0) is 17.6. The summed E-state index contributed by atoms with van der Waals surface area (Å²) in [6.45, 7) is 1.97. The zero-order valence-electron chi connectivity index (χ0n) is 14.2. The number of benzene rings is 1. The number of carbonyl (C=O) groups excluding carboxylic acids is 2. The lowest BCUT2D eigenvalue weighted by atomic mass is 10.1. The van der Waals surface area contributed by atoms with Crippen LogP contribution in [0, 0.1) is 0 Å². The Hall–Kier alpha value is -2.60. The second-order valence-corrected chi connectivity index (χ2v) is 6.11. The summed E-state index contributed by atoms with van der Waals surface area (Å²) in [5, 5.41) is 2.94. The number of hydrogen-bond donors (Lipinski definition) is 1. The fraction of sp³-hybridized carbons (Fsp3) is 0.368. The van der Waals surface area contributed by atoms with E-state index in [0.717, 1.165) is 30.7 Å². The second kappa shape index (κ2) is 7.98. The number of amides is 1. The fourth-order valence-corrected chi connectivity index (χ4v) is 3.12. The maximum absolute atomic E-state index is 12.5. The summed E-state index contributed by atoms with van der Waals surface area (Å²) in [6, 6.07) is 10.8. The predicted molar refractivity (Wildman–Crippen MR) is 91.8 cm³/mol. The highest BCUT2D eigenvalue weighted by atomic mass is 16.5. The number of likely N-dealkylation sites (tertiary alicyclic amines) is 1. The molecule has 0 spiro atoms. The smallest absolute Gasteiger partial charge is 0.337 e. The molecule has 0 radical (unpaired) electrons. The molecular formula is C19H22N2O4. The Bertz CT molecular complexity index is 710. The van der Waals surface area contributed by atoms with Crippen molar-refractivity contribution < 1.29 is 18.7 Å². The van der Waals surface area contributed by atoms with Crippen molar-refractivity contribution in [2.24, 2.45) is 0 Å². The molecule has 1 aliphatic heterocycles. The van der Waals surface area contributed by atoms with Gasteiger partial charge in [-0.1, -0.05) is 12.1 Å². The molecule has 1 N–H and O–H groups in total. The molecule has 1 aliphatic rings. The Balaban J connectivity index is 1.57. The molecule has 1 aromatic carbocycles. The van der Waals surface area contributed by atoms with Gasteiger partial charge in [-0.2, -0.15) is 0 Å². The third kappa shape index (κ3) is 4.28. The fourth-order valence-electron chi connectivity index (χ4n) is 3.12. The number of methoxy groups -OCH3 is 1. The molecule has 1 atom stereocenters. The van der Waals surface area contributed by atoms with Gasteiger partial charge in [0.2, 0.25) is 5.91 Å². The first-order valence-corrected chi connectivity index (χ1v) is 8.39. The molecule has 1 aromatic heterocycles. The van der Waals surface area contributed by atoms with Gasteiger partial charge in [-0.05, 0) is 49.2 Å². The SMILES string of the molecule is COC(=O)c1ccc(CN2CCC[C@H]2C(=O)NCc2ccco2)cc1. The third-order valence-corrected chi connectivity index (χ3v) is 4.44. The Morgan fingerprint density at radius 1 is 1.28 bits per heavy atom. The number of nitrogens with zero attached hydrogens (tertiary/aromatic N) is 1. The van der Waals surface area contributed by atoms with E-state index in [9.17, 15) is 9.59 Å². The predicted octanol–water partition coefficient (Wildman–Crippen LogP) is 2.35. The van der Waals surface area contributed by atoms with Gasteiger partial charge < -0.3 is 14.5 Å². The Kier molecular flexibility index (Phi) is 5.50. The van der Waals surface area contributed by atoms with Gasteiger partial charge in [-0.15, -0.1) is 0 Å². The molecule has 6 nitrogen and oxygen atoms in total. The third-order valence-electron chi connectivity index (χ3n) is 4.44. The van der Waals surface area contributed by atoms with Gasteiger partial charge in [0.25, 0.3) is 0 Å². The highest BCUT2D eigenvalue weighted by molar-refractivity contribution is 5.89. The van der Waals surface area contributed by atoms with Crippen LogP contribution in [-0.4, -0.2) is 36.5 Å². The largest absolute Gasteiger partial charge is 0.467 e. The minimum absolute atomic E-state index is 0.0279. The standard InChI is InChI=1S/C19H22N2O4/c1-24-19(23)15-8-6-14(7-9-15)13-21-10-2-5-17(21)18(22)20-12-16-4-3-11-25-16/h3-4,6-9,11,17H,2,5,10,12-13H2,1H3,(H,20,22)/t17-/m0/s1. The Morgan fingerprint density at radius 2 is 2.08 bits per heavy atom. The molecule has 0 saturated carbocycles. The van der Waals surface area contributed by atoms with Crippen LogP contribution in [0.15, 0.2) is 47.1 Å². The summed E-state index contributed by atoms with van der Waals surface area (Å²) in [5.74, 6) is 0.430. The van der Waals surface area contributed by atoms with Crippen LogP contribution in [-0.2, 0) is 22.6 Å². The van der Waals surface area contributed by atoms with Crippen molar-refractivity contribution in [3.63, 3.8) is 0 Å². The summed E-state index contributed by atoms with van der Waals surface area (Å²) in [7, 11) is 1.37. The number of nitrogens with one attached hydrogen (secondary N) is 1. The van der Waals surface area contributed by atoms with Crippen molar-refractivity contribution in [3.05, 3.63) is 59.5 Å². The van der Waals surface area contributed by atoms with Crippen LogP contribution in [0.1, 0.15) is 34.5 Å². The molecule has 25 heavy (non-hydrogen) atoms. The van der Waals surface area contributed by atoms with Gasteiger partial charge in [0.1, 0.15) is 5.76 Å². The van der Waals surface area contributed by atoms with Crippen molar-refractivity contribution in [1.82, 2.24) is 10.2 Å². The van der Waals surface area contributed by atoms with E-state index in [1.54, 1.807) is 24.5 Å². The molecule has 132 valence electrons. The second-order valence-electron chi connectivity index (χ2n) is 6.11. The first kappa shape index (κ1) is 17.2. The molecule has 1 fully saturated rings. The van der Waals surface area contributed by atoms with Crippen molar-refractivity contribution >= 4 is 11.9 Å². The van der Waals surface area contributed by atoms with Crippen LogP contribution in [0.4, 0.5) is 0 Å². The average Bonchev–Trinajstić information content (AvgIpc) is 3.31. The number of rotatable bonds is 6. The van der Waals surface area contributed by atoms with Gasteiger partial charge in [0.15, 0.2) is 0 Å². The summed E-state index contributed by atoms with van der Waals surface area (Å²) >= 11 is 0. The van der Waals surface area contributed by atoms with E-state index in [2.05, 4.69) is 10.2 Å². The van der Waals surface area contributed by atoms with Crippen LogP contribution in [0.5, 0.6) is 0 Å². The Morgan fingerprint density at radius 3 is 2.76 bits per heavy atom. The highest BCUT2D eigenvalue weighted by Gasteiger charge is 2.30. The molecular weight excluding hydrogens is 320 g/mol. The minimum Gasteiger partial charge on any atom is -0.467 e. The molecule has 3 rings (SSSR count). The number of hydrogen-bond acceptors (Lipinski definition) is 5. The van der Waals surface area contributed by atoms with Gasteiger partial charge >= 0.3 is 5.97 Å². The lowest BCUT2D eigenvalue weighted by Crippen LogP contribution is -2.42. The van der Waals surface area contributed by atoms with Crippen molar-refractivity contribution in [3.8, 4) is 0 Å². The van der Waals surface area contributed by atoms with Gasteiger partial charge in [0, 0.05) is 6.54 Å². The minimum atomic E-state index is -0.345. The summed E-state index contributed by atoms with van der Waals surface area (Å²) in [5.41, 5.74) is 1.60. The first-order valence-electron chi connectivity index (χ1n) is 8.39. The van der Waals surface area contributed by atoms with Gasteiger partial charge in [-0.3, -0.25) is 9.69 Å². The number of carbonyl (C=O) groups is 2. The topological polar surface area (TPSA) is 71.8 Å². The van der Waals surface area contributed by atoms with Crippen LogP contribution in [0.2, 0.25) is 0 Å². The molecule has 6 heteroatoms. The average molecular weight is 342 g/mol. The van der Waals surface area contributed by atoms with Crippen LogP contribution in [0.25, 0.3) is 0 Å². The molecule has 2 heterocycles. The zero-order valence-corrected chi connectivity index (χ0v) is 14.2. The van der Waals surface area contributed by atoms with E-state index in [1.807, 2.05) is 18.2 Å². The summed E-state index contributed by atoms with van der Waals surface area (Å²) < 4.78 is 9.95. The summed E-state index contributed by atoms with van der Waals surface area (Å²) in [4.78, 5) is 26.1. The van der Waals surface area contributed by atoms with Crippen LogP contribution >= 0.6 is 0 Å². The van der Waals surface area contributed by atoms with Crippen molar-refractivity contribution in [1.29, 1.82) is 0 Å². The van der Waals surface area contributed by atoms with E-state index in [-0.39, 0.29) is 17.9 Å². The normalized spacial score (nSPS) is 17.4. The van der Waals surface area contributed by atoms with Gasteiger partial charge in [-0.25, -0.2) is 4.79 Å². The van der Waals surface area contributed by atoms with Gasteiger partial charge in [0.05, 0.1) is 31.5 Å². The number of ether oxygens (including phenoxy) is 1. The van der Waals surface area contributed by atoms with E-state index in [0.29, 0.717) is 18.7 Å². The number of esters is 1. The van der Waals surface area contributed by atoms with E-state index in [4.69, 9.17) is 9.15 Å². The van der Waals surface area contributed by atoms with Crippen molar-refractivity contribution in [2.45, 2.75) is 32.0 Å². The molecule has 0 unspecified atom stereocenters. The monoisotopic (exact) mass is 342 g/mol. The molecule has 0 aliphatic carbocycles. The van der Waals surface area contributed by atoms with Crippen LogP contribution in [0.3, 0.4) is 0 Å². The molecule has 0 bridgehead atoms. The summed E-state index contributed by atoms with van der Waals surface area (Å²) in [6.07, 6.45) is 3.45.